The van der Waals surface area contributed by atoms with E-state index in [-0.39, 0.29) is 17.7 Å². The minimum Gasteiger partial charge on any atom is -0.350 e. The number of carbonyl (C=O) groups excluding carboxylic acids is 2. The molecular weight excluding hydrogens is 358 g/mol. The number of rotatable bonds is 5. The highest BCUT2D eigenvalue weighted by Gasteiger charge is 2.28. The van der Waals surface area contributed by atoms with Gasteiger partial charge in [0.1, 0.15) is 0 Å². The van der Waals surface area contributed by atoms with Gasteiger partial charge in [0.15, 0.2) is 0 Å². The largest absolute Gasteiger partial charge is 0.350 e. The summed E-state index contributed by atoms with van der Waals surface area (Å²) >= 11 is 1.65. The fourth-order valence-electron chi connectivity index (χ4n) is 3.07. The fourth-order valence-corrected chi connectivity index (χ4v) is 3.80. The van der Waals surface area contributed by atoms with Crippen LogP contribution >= 0.6 is 11.3 Å². The molecule has 0 atom stereocenters. The van der Waals surface area contributed by atoms with Crippen molar-refractivity contribution in [2.45, 2.75) is 19.3 Å². The molecule has 1 N–H and O–H groups in total. The first-order valence-electron chi connectivity index (χ1n) is 8.53. The lowest BCUT2D eigenvalue weighted by Gasteiger charge is -2.31. The van der Waals surface area contributed by atoms with Crippen molar-refractivity contribution in [1.29, 1.82) is 0 Å². The predicted octanol–water partition coefficient (Wildman–Crippen LogP) is 3.65. The van der Waals surface area contributed by atoms with E-state index in [0.717, 1.165) is 10.4 Å². The Labute approximate surface area is 154 Å². The van der Waals surface area contributed by atoms with Crippen LogP contribution in [0.15, 0.2) is 41.8 Å². The molecule has 4 nitrogen and oxygen atoms in total. The van der Waals surface area contributed by atoms with Crippen molar-refractivity contribution in [3.8, 4) is 10.4 Å². The van der Waals surface area contributed by atoms with Crippen LogP contribution in [0.25, 0.3) is 10.4 Å². The Morgan fingerprint density at radius 2 is 1.85 bits per heavy atom. The van der Waals surface area contributed by atoms with Gasteiger partial charge in [-0.3, -0.25) is 9.59 Å². The average Bonchev–Trinajstić information content (AvgIpc) is 3.20. The first-order chi connectivity index (χ1) is 12.5. The van der Waals surface area contributed by atoms with E-state index in [9.17, 15) is 18.4 Å². The number of halogens is 2. The van der Waals surface area contributed by atoms with E-state index in [1.54, 1.807) is 16.2 Å². The Balaban J connectivity index is 1.54. The van der Waals surface area contributed by atoms with Crippen LogP contribution in [0.3, 0.4) is 0 Å². The molecule has 2 aromatic rings. The molecule has 0 spiro atoms. The highest BCUT2D eigenvalue weighted by Crippen LogP contribution is 2.25. The molecule has 0 radical (unpaired) electrons. The van der Waals surface area contributed by atoms with Crippen molar-refractivity contribution < 1.29 is 18.4 Å². The van der Waals surface area contributed by atoms with Gasteiger partial charge < -0.3 is 10.2 Å². The molecule has 138 valence electrons. The summed E-state index contributed by atoms with van der Waals surface area (Å²) < 4.78 is 24.3. The van der Waals surface area contributed by atoms with Gasteiger partial charge >= 0.3 is 0 Å². The average molecular weight is 378 g/mol. The molecule has 0 bridgehead atoms. The van der Waals surface area contributed by atoms with Crippen molar-refractivity contribution in [3.05, 3.63) is 47.3 Å². The molecular formula is C19H20F2N2O2S. The molecule has 1 fully saturated rings. The maximum Gasteiger partial charge on any atom is 0.255 e. The Kier molecular flexibility index (Phi) is 5.98. The van der Waals surface area contributed by atoms with Crippen molar-refractivity contribution in [3.63, 3.8) is 0 Å². The topological polar surface area (TPSA) is 49.4 Å². The lowest BCUT2D eigenvalue weighted by Crippen LogP contribution is -2.43. The number of nitrogens with zero attached hydrogens (tertiary/aromatic N) is 1. The third-order valence-electron chi connectivity index (χ3n) is 4.52. The number of hydrogen-bond donors (Lipinski definition) is 1. The maximum absolute atomic E-state index is 12.6. The standard InChI is InChI=1S/C19H20F2N2O2S/c20-17(21)12-22-18(24)14-7-9-23(10-8-14)19(25)15-5-3-13(4-6-15)16-2-1-11-26-16/h1-6,11,14,17H,7-10,12H2,(H,22,24). The summed E-state index contributed by atoms with van der Waals surface area (Å²) in [6.45, 7) is 0.297. The number of piperidine rings is 1. The van der Waals surface area contributed by atoms with E-state index < -0.39 is 13.0 Å². The molecule has 26 heavy (non-hydrogen) atoms. The number of nitrogens with one attached hydrogen (secondary N) is 1. The van der Waals surface area contributed by atoms with Crippen LogP contribution in [0.1, 0.15) is 23.2 Å². The van der Waals surface area contributed by atoms with Gasteiger partial charge in [-0.05, 0) is 42.0 Å². The normalized spacial score (nSPS) is 15.3. The van der Waals surface area contributed by atoms with Crippen molar-refractivity contribution in [2.24, 2.45) is 5.92 Å². The predicted molar refractivity (Wildman–Crippen MR) is 97.4 cm³/mol. The van der Waals surface area contributed by atoms with Crippen LogP contribution in [-0.4, -0.2) is 42.8 Å². The third kappa shape index (κ3) is 4.46. The van der Waals surface area contributed by atoms with Gasteiger partial charge in [0.05, 0.1) is 6.54 Å². The van der Waals surface area contributed by atoms with Crippen molar-refractivity contribution in [2.75, 3.05) is 19.6 Å². The maximum atomic E-state index is 12.6. The van der Waals surface area contributed by atoms with Gasteiger partial charge in [-0.15, -0.1) is 11.3 Å². The van der Waals surface area contributed by atoms with E-state index in [0.29, 0.717) is 31.5 Å². The van der Waals surface area contributed by atoms with Crippen LogP contribution in [0.2, 0.25) is 0 Å². The molecule has 1 saturated heterocycles. The number of amides is 2. The van der Waals surface area contributed by atoms with Gasteiger partial charge in [0.25, 0.3) is 12.3 Å². The van der Waals surface area contributed by atoms with E-state index in [1.807, 2.05) is 41.8 Å². The molecule has 0 saturated carbocycles. The minimum absolute atomic E-state index is 0.0610. The van der Waals surface area contributed by atoms with Crippen molar-refractivity contribution in [1.82, 2.24) is 10.2 Å². The third-order valence-corrected chi connectivity index (χ3v) is 5.44. The first-order valence-corrected chi connectivity index (χ1v) is 9.41. The molecule has 1 aliphatic heterocycles. The van der Waals surface area contributed by atoms with Gasteiger partial charge in [0, 0.05) is 29.4 Å². The number of alkyl halides is 2. The van der Waals surface area contributed by atoms with Crippen LogP contribution in [-0.2, 0) is 4.79 Å². The van der Waals surface area contributed by atoms with Crippen LogP contribution < -0.4 is 5.32 Å². The van der Waals surface area contributed by atoms with Gasteiger partial charge in [-0.25, -0.2) is 8.78 Å². The van der Waals surface area contributed by atoms with E-state index in [1.165, 1.54) is 0 Å². The highest BCUT2D eigenvalue weighted by molar-refractivity contribution is 7.13. The molecule has 1 aromatic carbocycles. The quantitative estimate of drug-likeness (QED) is 0.863. The molecule has 2 amide bonds. The van der Waals surface area contributed by atoms with Crippen molar-refractivity contribution >= 4 is 23.2 Å². The first kappa shape index (κ1) is 18.5. The second-order valence-electron chi connectivity index (χ2n) is 6.26. The molecule has 3 rings (SSSR count). The number of carbonyl (C=O) groups is 2. The zero-order valence-corrected chi connectivity index (χ0v) is 15.0. The summed E-state index contributed by atoms with van der Waals surface area (Å²) in [5, 5.41) is 4.27. The summed E-state index contributed by atoms with van der Waals surface area (Å²) in [5.41, 5.74) is 1.69. The molecule has 1 aromatic heterocycles. The summed E-state index contributed by atoms with van der Waals surface area (Å²) in [7, 11) is 0. The molecule has 7 heteroatoms. The zero-order chi connectivity index (χ0) is 18.5. The van der Waals surface area contributed by atoms with Crippen LogP contribution in [0.4, 0.5) is 8.78 Å². The lowest BCUT2D eigenvalue weighted by molar-refractivity contribution is -0.126. The Morgan fingerprint density at radius 3 is 2.42 bits per heavy atom. The van der Waals surface area contributed by atoms with Gasteiger partial charge in [-0.2, -0.15) is 0 Å². The van der Waals surface area contributed by atoms with Crippen LogP contribution in [0.5, 0.6) is 0 Å². The smallest absolute Gasteiger partial charge is 0.255 e. The SMILES string of the molecule is O=C(NCC(F)F)C1CCN(C(=O)c2ccc(-c3cccs3)cc2)CC1. The molecule has 0 unspecified atom stereocenters. The lowest BCUT2D eigenvalue weighted by atomic mass is 9.95. The Hall–Kier alpha value is -2.28. The Morgan fingerprint density at radius 1 is 1.15 bits per heavy atom. The minimum atomic E-state index is -2.54. The van der Waals surface area contributed by atoms with E-state index >= 15 is 0 Å². The summed E-state index contributed by atoms with van der Waals surface area (Å²) in [6.07, 6.45) is -1.56. The monoisotopic (exact) mass is 378 g/mol. The van der Waals surface area contributed by atoms with E-state index in [2.05, 4.69) is 5.32 Å². The molecule has 2 heterocycles. The number of thiophene rings is 1. The number of hydrogen-bond acceptors (Lipinski definition) is 3. The summed E-state index contributed by atoms with van der Waals surface area (Å²) in [6, 6.07) is 11.5. The van der Waals surface area contributed by atoms with E-state index in [4.69, 9.17) is 0 Å². The number of benzene rings is 1. The Bertz CT molecular complexity index is 739. The van der Waals surface area contributed by atoms with Gasteiger partial charge in [-0.1, -0.05) is 18.2 Å². The molecule has 0 aliphatic carbocycles. The van der Waals surface area contributed by atoms with Gasteiger partial charge in [0.2, 0.25) is 5.91 Å². The summed E-state index contributed by atoms with van der Waals surface area (Å²) in [5.74, 6) is -0.717. The second-order valence-corrected chi connectivity index (χ2v) is 7.21. The summed E-state index contributed by atoms with van der Waals surface area (Å²) in [4.78, 5) is 27.3. The highest BCUT2D eigenvalue weighted by atomic mass is 32.1. The second kappa shape index (κ2) is 8.40. The van der Waals surface area contributed by atoms with Crippen LogP contribution in [0, 0.1) is 5.92 Å². The molecule has 1 aliphatic rings. The fraction of sp³-hybridized carbons (Fsp3) is 0.368. The zero-order valence-electron chi connectivity index (χ0n) is 14.2. The number of likely N-dealkylation sites (tertiary alicyclic amines) is 1.